The predicted octanol–water partition coefficient (Wildman–Crippen LogP) is 4.47. The third-order valence-corrected chi connectivity index (χ3v) is 6.72. The van der Waals surface area contributed by atoms with Gasteiger partial charge < -0.3 is 10.0 Å². The Morgan fingerprint density at radius 2 is 1.76 bits per heavy atom. The van der Waals surface area contributed by atoms with Gasteiger partial charge in [-0.1, -0.05) is 55.5 Å². The zero-order chi connectivity index (χ0) is 24.4. The average molecular weight is 482 g/mol. The highest BCUT2D eigenvalue weighted by atomic mass is 32.2. The van der Waals surface area contributed by atoms with Gasteiger partial charge >= 0.3 is 21.6 Å². The van der Waals surface area contributed by atoms with Crippen LogP contribution in [0.1, 0.15) is 24.5 Å². The van der Waals surface area contributed by atoms with E-state index in [4.69, 9.17) is 0 Å². The molecule has 11 heteroatoms. The smallest absolute Gasteiger partial charge is 0.464 e. The lowest BCUT2D eigenvalue weighted by Gasteiger charge is -2.33. The van der Waals surface area contributed by atoms with Crippen molar-refractivity contribution in [2.24, 2.45) is 5.92 Å². The van der Waals surface area contributed by atoms with Crippen molar-refractivity contribution in [1.29, 1.82) is 0 Å². The third kappa shape index (κ3) is 5.03. The summed E-state index contributed by atoms with van der Waals surface area (Å²) in [7, 11) is -6.21. The van der Waals surface area contributed by atoms with Crippen molar-refractivity contribution in [1.82, 2.24) is 4.90 Å². The first-order valence-corrected chi connectivity index (χ1v) is 11.4. The summed E-state index contributed by atoms with van der Waals surface area (Å²) in [6.07, 6.45) is 0.0155. The van der Waals surface area contributed by atoms with E-state index >= 15 is 0 Å². The number of sulfonamides is 1. The van der Waals surface area contributed by atoms with Gasteiger partial charge in [0.15, 0.2) is 0 Å². The number of alkyl halides is 3. The molecule has 0 aromatic heterocycles. The van der Waals surface area contributed by atoms with Gasteiger partial charge in [-0.05, 0) is 35.6 Å². The molecule has 2 amide bonds. The molecule has 1 atom stereocenters. The maximum absolute atomic E-state index is 13.1. The minimum atomic E-state index is -6.21. The number of nitrogens with zero attached hydrogens (tertiary/aromatic N) is 2. The molecule has 0 radical (unpaired) electrons. The van der Waals surface area contributed by atoms with E-state index in [2.05, 4.69) is 0 Å². The zero-order valence-electron chi connectivity index (χ0n) is 17.5. The Kier molecular flexibility index (Phi) is 6.82. The number of piperidine rings is 1. The summed E-state index contributed by atoms with van der Waals surface area (Å²) in [5.41, 5.74) is -5.23. The van der Waals surface area contributed by atoms with E-state index in [0.29, 0.717) is 12.0 Å². The van der Waals surface area contributed by atoms with Crippen LogP contribution in [0.3, 0.4) is 0 Å². The van der Waals surface area contributed by atoms with Crippen LogP contribution in [0.4, 0.5) is 23.7 Å². The fourth-order valence-corrected chi connectivity index (χ4v) is 4.42. The molecule has 1 saturated heterocycles. The molecular weight excluding hydrogens is 461 g/mol. The van der Waals surface area contributed by atoms with Gasteiger partial charge in [-0.2, -0.15) is 25.9 Å². The van der Waals surface area contributed by atoms with Gasteiger partial charge in [-0.25, -0.2) is 4.79 Å². The molecule has 2 aromatic rings. The summed E-state index contributed by atoms with van der Waals surface area (Å²) in [6.45, 7) is 1.91. The molecule has 1 fully saturated rings. The maximum atomic E-state index is 13.1. The SMILES string of the molecule is CC1CCN(Cc2ccccc2N(C(=O)O)S(=O)(=O)C(F)(F)F)C(=O)C1=Cc1ccccc1. The maximum Gasteiger partial charge on any atom is 0.517 e. The molecule has 0 bridgehead atoms. The summed E-state index contributed by atoms with van der Waals surface area (Å²) >= 11 is 0. The van der Waals surface area contributed by atoms with E-state index in [1.807, 2.05) is 37.3 Å². The van der Waals surface area contributed by atoms with Gasteiger partial charge in [0.05, 0.1) is 5.69 Å². The fraction of sp³-hybridized carbons (Fsp3) is 0.273. The number of para-hydroxylation sites is 1. The van der Waals surface area contributed by atoms with E-state index in [9.17, 15) is 36.3 Å². The van der Waals surface area contributed by atoms with Crippen LogP contribution in [-0.2, 0) is 21.4 Å². The number of anilines is 1. The molecule has 1 unspecified atom stereocenters. The number of carbonyl (C=O) groups is 2. The summed E-state index contributed by atoms with van der Waals surface area (Å²) in [5, 5.41) is 9.31. The Balaban J connectivity index is 1.97. The molecule has 1 heterocycles. The van der Waals surface area contributed by atoms with Gasteiger partial charge in [0.2, 0.25) is 5.91 Å². The Hall–Kier alpha value is -3.34. The second-order valence-corrected chi connectivity index (χ2v) is 9.33. The van der Waals surface area contributed by atoms with Gasteiger partial charge in [-0.3, -0.25) is 4.79 Å². The van der Waals surface area contributed by atoms with E-state index < -0.39 is 31.6 Å². The lowest BCUT2D eigenvalue weighted by Crippen LogP contribution is -2.45. The molecule has 33 heavy (non-hydrogen) atoms. The molecule has 1 N–H and O–H groups in total. The first-order valence-electron chi connectivity index (χ1n) is 9.92. The summed E-state index contributed by atoms with van der Waals surface area (Å²) in [4.78, 5) is 26.1. The molecule has 0 aliphatic carbocycles. The standard InChI is InChI=1S/C22H21F3N2O5S/c1-15-11-12-26(20(28)18(15)13-16-7-3-2-4-8-16)14-17-9-5-6-10-19(17)27(21(29)30)33(31,32)22(23,24)25/h2-10,13,15H,11-12,14H2,1H3,(H,29,30). The van der Waals surface area contributed by atoms with Crippen molar-refractivity contribution in [3.63, 3.8) is 0 Å². The van der Waals surface area contributed by atoms with Crippen molar-refractivity contribution in [2.75, 3.05) is 10.8 Å². The molecule has 3 rings (SSSR count). The highest BCUT2D eigenvalue weighted by Gasteiger charge is 2.53. The number of carbonyl (C=O) groups excluding carboxylic acids is 1. The van der Waals surface area contributed by atoms with E-state index in [1.54, 1.807) is 6.08 Å². The van der Waals surface area contributed by atoms with Gasteiger partial charge in [0, 0.05) is 18.7 Å². The van der Waals surface area contributed by atoms with Gasteiger partial charge in [0.25, 0.3) is 0 Å². The van der Waals surface area contributed by atoms with Crippen molar-refractivity contribution in [3.05, 3.63) is 71.3 Å². The third-order valence-electron chi connectivity index (χ3n) is 5.30. The summed E-state index contributed by atoms with van der Waals surface area (Å²) in [5.74, 6) is -0.418. The van der Waals surface area contributed by atoms with E-state index in [-0.39, 0.29) is 30.5 Å². The average Bonchev–Trinajstić information content (AvgIpc) is 2.74. The lowest BCUT2D eigenvalue weighted by atomic mass is 9.90. The van der Waals surface area contributed by atoms with E-state index in [0.717, 1.165) is 11.6 Å². The van der Waals surface area contributed by atoms with Crippen molar-refractivity contribution in [3.8, 4) is 0 Å². The number of benzene rings is 2. The second kappa shape index (κ2) is 9.26. The van der Waals surface area contributed by atoms with Crippen LogP contribution in [0.15, 0.2) is 60.2 Å². The molecule has 0 saturated carbocycles. The van der Waals surface area contributed by atoms with Crippen LogP contribution in [0.25, 0.3) is 6.08 Å². The van der Waals surface area contributed by atoms with Crippen LogP contribution in [0.2, 0.25) is 0 Å². The Bertz CT molecular complexity index is 1180. The fourth-order valence-electron chi connectivity index (χ4n) is 3.57. The number of carboxylic acid groups (broad SMARTS) is 1. The molecule has 0 spiro atoms. The van der Waals surface area contributed by atoms with Crippen molar-refractivity contribution < 1.29 is 36.3 Å². The Labute approximate surface area is 188 Å². The molecular formula is C22H21F3N2O5S. The Morgan fingerprint density at radius 1 is 1.15 bits per heavy atom. The van der Waals surface area contributed by atoms with Crippen LogP contribution in [0.5, 0.6) is 0 Å². The van der Waals surface area contributed by atoms with Crippen molar-refractivity contribution >= 4 is 33.8 Å². The largest absolute Gasteiger partial charge is 0.517 e. The van der Waals surface area contributed by atoms with Crippen LogP contribution in [0, 0.1) is 5.92 Å². The number of amides is 2. The molecule has 1 aliphatic heterocycles. The number of hydrogen-bond acceptors (Lipinski definition) is 4. The molecule has 1 aliphatic rings. The quantitative estimate of drug-likeness (QED) is 0.635. The first kappa shape index (κ1) is 24.3. The summed E-state index contributed by atoms with van der Waals surface area (Å²) < 4.78 is 62.5. The van der Waals surface area contributed by atoms with Crippen LogP contribution < -0.4 is 4.31 Å². The minimum absolute atomic E-state index is 0.0466. The molecule has 176 valence electrons. The van der Waals surface area contributed by atoms with E-state index in [1.165, 1.54) is 23.1 Å². The first-order chi connectivity index (χ1) is 15.4. The van der Waals surface area contributed by atoms with Crippen LogP contribution >= 0.6 is 0 Å². The minimum Gasteiger partial charge on any atom is -0.464 e. The van der Waals surface area contributed by atoms with Crippen LogP contribution in [-0.4, -0.2) is 42.5 Å². The van der Waals surface area contributed by atoms with Crippen molar-refractivity contribution in [2.45, 2.75) is 25.4 Å². The van der Waals surface area contributed by atoms with Gasteiger partial charge in [-0.15, -0.1) is 0 Å². The highest BCUT2D eigenvalue weighted by Crippen LogP contribution is 2.34. The lowest BCUT2D eigenvalue weighted by molar-refractivity contribution is -0.130. The second-order valence-electron chi connectivity index (χ2n) is 7.55. The monoisotopic (exact) mass is 482 g/mol. The van der Waals surface area contributed by atoms with Gasteiger partial charge in [0.1, 0.15) is 0 Å². The Morgan fingerprint density at radius 3 is 2.36 bits per heavy atom. The normalized spacial score (nSPS) is 18.4. The number of hydrogen-bond donors (Lipinski definition) is 1. The summed E-state index contributed by atoms with van der Waals surface area (Å²) in [6, 6.07) is 14.0. The predicted molar refractivity (Wildman–Crippen MR) is 116 cm³/mol. The molecule has 7 nitrogen and oxygen atoms in total. The zero-order valence-corrected chi connectivity index (χ0v) is 18.3. The number of halogens is 3. The molecule has 2 aromatic carbocycles. The number of rotatable bonds is 5. The highest BCUT2D eigenvalue weighted by molar-refractivity contribution is 7.94. The topological polar surface area (TPSA) is 95.0 Å². The number of likely N-dealkylation sites (tertiary alicyclic amines) is 1.